The van der Waals surface area contributed by atoms with E-state index in [1.807, 2.05) is 0 Å². The Morgan fingerprint density at radius 3 is 2.53 bits per heavy atom. The molecular formula is C14H9BrClFO2. The Balaban J connectivity index is 2.00. The lowest BCUT2D eigenvalue weighted by Crippen LogP contribution is -2.11. The molecule has 2 aromatic rings. The van der Waals surface area contributed by atoms with Crippen LogP contribution in [0.25, 0.3) is 0 Å². The van der Waals surface area contributed by atoms with Crippen LogP contribution >= 0.6 is 27.5 Å². The molecule has 0 fully saturated rings. The zero-order valence-electron chi connectivity index (χ0n) is 9.70. The molecule has 0 unspecified atom stereocenters. The predicted octanol–water partition coefficient (Wildman–Crippen LogP) is 4.50. The summed E-state index contributed by atoms with van der Waals surface area (Å²) in [5.41, 5.74) is 0.502. The molecule has 0 saturated carbocycles. The van der Waals surface area contributed by atoms with Gasteiger partial charge in [0.05, 0.1) is 4.47 Å². The molecule has 19 heavy (non-hydrogen) atoms. The van der Waals surface area contributed by atoms with Gasteiger partial charge in [0.15, 0.2) is 12.4 Å². The van der Waals surface area contributed by atoms with Crippen molar-refractivity contribution in [2.45, 2.75) is 0 Å². The number of Topliss-reactive ketones (excluding diaryl/α,β-unsaturated/α-hetero) is 1. The SMILES string of the molecule is O=C(COc1ccc(Br)c(F)c1)c1ccc(Cl)cc1. The monoisotopic (exact) mass is 342 g/mol. The highest BCUT2D eigenvalue weighted by Crippen LogP contribution is 2.21. The molecule has 0 aliphatic heterocycles. The van der Waals surface area contributed by atoms with Gasteiger partial charge in [-0.2, -0.15) is 0 Å². The maximum absolute atomic E-state index is 13.2. The smallest absolute Gasteiger partial charge is 0.200 e. The Bertz CT molecular complexity index is 599. The van der Waals surface area contributed by atoms with Crippen LogP contribution in [0.3, 0.4) is 0 Å². The van der Waals surface area contributed by atoms with Crippen molar-refractivity contribution >= 4 is 33.3 Å². The van der Waals surface area contributed by atoms with Gasteiger partial charge in [-0.05, 0) is 52.3 Å². The van der Waals surface area contributed by atoms with Crippen LogP contribution < -0.4 is 4.74 Å². The number of hydrogen-bond acceptors (Lipinski definition) is 2. The highest BCUT2D eigenvalue weighted by molar-refractivity contribution is 9.10. The average Bonchev–Trinajstić information content (AvgIpc) is 2.40. The molecule has 0 heterocycles. The molecule has 0 spiro atoms. The van der Waals surface area contributed by atoms with E-state index in [1.54, 1.807) is 30.3 Å². The van der Waals surface area contributed by atoms with E-state index in [2.05, 4.69) is 15.9 Å². The molecule has 98 valence electrons. The summed E-state index contributed by atoms with van der Waals surface area (Å²) in [6.07, 6.45) is 0. The van der Waals surface area contributed by atoms with E-state index in [9.17, 15) is 9.18 Å². The Labute approximate surface area is 123 Å². The third-order valence-electron chi connectivity index (χ3n) is 2.43. The van der Waals surface area contributed by atoms with E-state index in [4.69, 9.17) is 16.3 Å². The summed E-state index contributed by atoms with van der Waals surface area (Å²) in [5.74, 6) is -0.320. The van der Waals surface area contributed by atoms with E-state index >= 15 is 0 Å². The van der Waals surface area contributed by atoms with Crippen molar-refractivity contribution < 1.29 is 13.9 Å². The van der Waals surface area contributed by atoms with Gasteiger partial charge in [-0.1, -0.05) is 11.6 Å². The molecule has 2 rings (SSSR count). The van der Waals surface area contributed by atoms with Crippen LogP contribution in [0, 0.1) is 5.82 Å². The lowest BCUT2D eigenvalue weighted by Gasteiger charge is -2.06. The van der Waals surface area contributed by atoms with Crippen molar-refractivity contribution in [3.8, 4) is 5.75 Å². The van der Waals surface area contributed by atoms with E-state index in [0.717, 1.165) is 0 Å². The molecule has 0 radical (unpaired) electrons. The van der Waals surface area contributed by atoms with Crippen LogP contribution in [0.1, 0.15) is 10.4 Å². The van der Waals surface area contributed by atoms with Gasteiger partial charge in [-0.15, -0.1) is 0 Å². The molecular weight excluding hydrogens is 335 g/mol. The second-order valence-electron chi connectivity index (χ2n) is 3.79. The van der Waals surface area contributed by atoms with E-state index < -0.39 is 5.82 Å². The fourth-order valence-corrected chi connectivity index (χ4v) is 1.81. The Kier molecular flexibility index (Phi) is 4.56. The van der Waals surface area contributed by atoms with Crippen molar-refractivity contribution in [1.29, 1.82) is 0 Å². The fourth-order valence-electron chi connectivity index (χ4n) is 1.43. The van der Waals surface area contributed by atoms with E-state index in [1.165, 1.54) is 12.1 Å². The van der Waals surface area contributed by atoms with Crippen LogP contribution in [0.5, 0.6) is 5.75 Å². The fraction of sp³-hybridized carbons (Fsp3) is 0.0714. The van der Waals surface area contributed by atoms with Crippen LogP contribution in [0.4, 0.5) is 4.39 Å². The van der Waals surface area contributed by atoms with Gasteiger partial charge in [-0.3, -0.25) is 4.79 Å². The average molecular weight is 344 g/mol. The number of rotatable bonds is 4. The maximum Gasteiger partial charge on any atom is 0.200 e. The molecule has 0 aliphatic carbocycles. The van der Waals surface area contributed by atoms with Gasteiger partial charge in [0, 0.05) is 16.7 Å². The zero-order valence-corrected chi connectivity index (χ0v) is 12.0. The van der Waals surface area contributed by atoms with Gasteiger partial charge in [-0.25, -0.2) is 4.39 Å². The topological polar surface area (TPSA) is 26.3 Å². The summed E-state index contributed by atoms with van der Waals surface area (Å²) < 4.78 is 18.8. The van der Waals surface area contributed by atoms with Crippen LogP contribution in [0.15, 0.2) is 46.9 Å². The van der Waals surface area contributed by atoms with Gasteiger partial charge < -0.3 is 4.74 Å². The number of hydrogen-bond donors (Lipinski definition) is 0. The molecule has 2 nitrogen and oxygen atoms in total. The minimum atomic E-state index is -0.434. The lowest BCUT2D eigenvalue weighted by molar-refractivity contribution is 0.0921. The van der Waals surface area contributed by atoms with Crippen molar-refractivity contribution in [3.63, 3.8) is 0 Å². The van der Waals surface area contributed by atoms with Gasteiger partial charge in [0.2, 0.25) is 0 Å². The minimum Gasteiger partial charge on any atom is -0.485 e. The lowest BCUT2D eigenvalue weighted by atomic mass is 10.1. The van der Waals surface area contributed by atoms with Gasteiger partial charge in [0.1, 0.15) is 11.6 Å². The van der Waals surface area contributed by atoms with Crippen molar-refractivity contribution in [3.05, 3.63) is 63.3 Å². The number of carbonyl (C=O) groups is 1. The summed E-state index contributed by atoms with van der Waals surface area (Å²) in [6.45, 7) is -0.150. The summed E-state index contributed by atoms with van der Waals surface area (Å²) in [4.78, 5) is 11.8. The first kappa shape index (κ1) is 14.0. The second-order valence-corrected chi connectivity index (χ2v) is 5.09. The second kappa shape index (κ2) is 6.17. The molecule has 0 bridgehead atoms. The molecule has 2 aromatic carbocycles. The summed E-state index contributed by atoms with van der Waals surface area (Å²) >= 11 is 8.78. The largest absolute Gasteiger partial charge is 0.485 e. The summed E-state index contributed by atoms with van der Waals surface area (Å²) in [6, 6.07) is 10.8. The number of ether oxygens (including phenoxy) is 1. The molecule has 0 amide bonds. The van der Waals surface area contributed by atoms with Crippen LogP contribution in [-0.4, -0.2) is 12.4 Å². The van der Waals surface area contributed by atoms with Crippen molar-refractivity contribution in [2.75, 3.05) is 6.61 Å². The standard InChI is InChI=1S/C14H9BrClFO2/c15-12-6-5-11(7-13(12)17)19-8-14(18)9-1-3-10(16)4-2-9/h1-7H,8H2. The first-order chi connectivity index (χ1) is 9.06. The molecule has 0 saturated heterocycles. The Morgan fingerprint density at radius 1 is 1.21 bits per heavy atom. The van der Waals surface area contributed by atoms with Crippen LogP contribution in [-0.2, 0) is 0 Å². The zero-order chi connectivity index (χ0) is 13.8. The predicted molar refractivity (Wildman–Crippen MR) is 75.4 cm³/mol. The summed E-state index contributed by atoms with van der Waals surface area (Å²) in [7, 11) is 0. The molecule has 0 aliphatic rings. The summed E-state index contributed by atoms with van der Waals surface area (Å²) in [5, 5.41) is 0.562. The number of carbonyl (C=O) groups excluding carboxylic acids is 1. The minimum absolute atomic E-state index is 0.150. The third-order valence-corrected chi connectivity index (χ3v) is 3.32. The molecule has 0 atom stereocenters. The third kappa shape index (κ3) is 3.78. The highest BCUT2D eigenvalue weighted by Gasteiger charge is 2.08. The van der Waals surface area contributed by atoms with Gasteiger partial charge in [0.25, 0.3) is 0 Å². The highest BCUT2D eigenvalue weighted by atomic mass is 79.9. The van der Waals surface area contributed by atoms with Gasteiger partial charge >= 0.3 is 0 Å². The molecule has 0 N–H and O–H groups in total. The number of benzene rings is 2. The van der Waals surface area contributed by atoms with Crippen LogP contribution in [0.2, 0.25) is 5.02 Å². The van der Waals surface area contributed by atoms with E-state index in [-0.39, 0.29) is 12.4 Å². The first-order valence-electron chi connectivity index (χ1n) is 5.43. The normalized spacial score (nSPS) is 10.3. The Hall–Kier alpha value is -1.39. The molecule has 5 heteroatoms. The number of ketones is 1. The number of halogens is 3. The molecule has 0 aromatic heterocycles. The van der Waals surface area contributed by atoms with E-state index in [0.29, 0.717) is 20.8 Å². The van der Waals surface area contributed by atoms with Crippen molar-refractivity contribution in [2.24, 2.45) is 0 Å². The first-order valence-corrected chi connectivity index (χ1v) is 6.60. The maximum atomic E-state index is 13.2. The Morgan fingerprint density at radius 2 is 1.89 bits per heavy atom. The van der Waals surface area contributed by atoms with Crippen molar-refractivity contribution in [1.82, 2.24) is 0 Å². The quantitative estimate of drug-likeness (QED) is 0.764.